The van der Waals surface area contributed by atoms with Gasteiger partial charge < -0.3 is 20.6 Å². The normalized spacial score (nSPS) is 13.7. The lowest BCUT2D eigenvalue weighted by Crippen LogP contribution is -2.48. The highest BCUT2D eigenvalue weighted by molar-refractivity contribution is 5.80. The van der Waals surface area contributed by atoms with Crippen molar-refractivity contribution in [2.45, 2.75) is 295 Å². The van der Waals surface area contributed by atoms with Crippen LogP contribution in [0.25, 0.3) is 0 Å². The molecule has 0 heterocycles. The largest absolute Gasteiger partial charge is 0.394 e. The Morgan fingerprint density at radius 3 is 1.00 bits per heavy atom. The van der Waals surface area contributed by atoms with Crippen molar-refractivity contribution in [3.05, 3.63) is 48.6 Å². The summed E-state index contributed by atoms with van der Waals surface area (Å²) in [6, 6.07) is -0.821. The van der Waals surface area contributed by atoms with Crippen molar-refractivity contribution in [1.82, 2.24) is 5.32 Å². The van der Waals surface area contributed by atoms with Gasteiger partial charge in [-0.3, -0.25) is 4.79 Å². The van der Waals surface area contributed by atoms with Gasteiger partial charge in [-0.05, 0) is 70.6 Å². The predicted octanol–water partition coefficient (Wildman–Crippen LogP) is 16.4. The van der Waals surface area contributed by atoms with Crippen molar-refractivity contribution in [3.63, 3.8) is 0 Å². The van der Waals surface area contributed by atoms with E-state index >= 15 is 0 Å². The smallest absolute Gasteiger partial charge is 0.249 e. The number of hydrogen-bond acceptors (Lipinski definition) is 4. The molecule has 0 saturated carbocycles. The van der Waals surface area contributed by atoms with Crippen LogP contribution >= 0.6 is 0 Å². The summed E-state index contributed by atoms with van der Waals surface area (Å²) in [6.07, 6.45) is 67.6. The predicted molar refractivity (Wildman–Crippen MR) is 268 cm³/mol. The van der Waals surface area contributed by atoms with E-state index in [1.165, 1.54) is 212 Å². The second kappa shape index (κ2) is 50.9. The van der Waals surface area contributed by atoms with Crippen LogP contribution in [0.1, 0.15) is 277 Å². The number of nitrogens with one attached hydrogen (secondary N) is 1. The molecule has 5 nitrogen and oxygen atoms in total. The molecule has 5 heteroatoms. The zero-order chi connectivity index (χ0) is 44.4. The summed E-state index contributed by atoms with van der Waals surface area (Å²) in [5.74, 6) is -0.515. The van der Waals surface area contributed by atoms with Crippen molar-refractivity contribution in [2.75, 3.05) is 6.61 Å². The number of aliphatic hydroxyl groups is 3. The minimum atomic E-state index is -1.11. The molecule has 0 saturated heterocycles. The van der Waals surface area contributed by atoms with Gasteiger partial charge in [0.2, 0.25) is 5.91 Å². The van der Waals surface area contributed by atoms with E-state index in [0.717, 1.165) is 44.9 Å². The topological polar surface area (TPSA) is 89.8 Å². The van der Waals surface area contributed by atoms with Crippen LogP contribution in [0, 0.1) is 0 Å². The average molecular weight is 856 g/mol. The molecule has 0 fully saturated rings. The molecule has 0 aromatic heterocycles. The van der Waals surface area contributed by atoms with E-state index in [1.807, 2.05) is 6.08 Å². The lowest BCUT2D eigenvalue weighted by molar-refractivity contribution is -0.131. The van der Waals surface area contributed by atoms with E-state index in [2.05, 4.69) is 55.6 Å². The van der Waals surface area contributed by atoms with Crippen molar-refractivity contribution >= 4 is 5.91 Å². The molecular weight excluding hydrogens is 751 g/mol. The Labute approximate surface area is 380 Å². The van der Waals surface area contributed by atoms with Crippen molar-refractivity contribution < 1.29 is 20.1 Å². The van der Waals surface area contributed by atoms with Gasteiger partial charge in [0.15, 0.2) is 0 Å². The van der Waals surface area contributed by atoms with Gasteiger partial charge in [0.05, 0.1) is 18.8 Å². The summed E-state index contributed by atoms with van der Waals surface area (Å²) in [4.78, 5) is 12.5. The standard InChI is InChI=1S/C56H105NO4/c1-3-5-7-9-11-13-15-17-19-21-22-23-24-25-26-27-28-29-30-31-32-33-35-37-39-41-43-45-47-49-51-55(60)56(61)57-53(52-58)54(59)50-48-46-44-42-40-38-36-34-20-18-16-14-12-10-8-6-4-2/h20,25-26,34,40,42,48,50,53-55,58-60H,3-19,21-24,27-33,35-39,41,43-47,49,51-52H2,1-2H3,(H,57,61)/b26-25-,34-20+,42-40+,50-48+. The molecule has 0 radical (unpaired) electrons. The third-order valence-electron chi connectivity index (χ3n) is 12.4. The van der Waals surface area contributed by atoms with Crippen LogP contribution < -0.4 is 5.32 Å². The third-order valence-corrected chi connectivity index (χ3v) is 12.4. The van der Waals surface area contributed by atoms with E-state index in [-0.39, 0.29) is 6.61 Å². The maximum Gasteiger partial charge on any atom is 0.249 e. The molecule has 1 amide bonds. The van der Waals surface area contributed by atoms with E-state index in [9.17, 15) is 20.1 Å². The van der Waals surface area contributed by atoms with Gasteiger partial charge in [0.1, 0.15) is 6.10 Å². The number of hydrogen-bond donors (Lipinski definition) is 4. The maximum atomic E-state index is 12.5. The highest BCUT2D eigenvalue weighted by Crippen LogP contribution is 2.16. The summed E-state index contributed by atoms with van der Waals surface area (Å²) < 4.78 is 0. The molecule has 3 atom stereocenters. The highest BCUT2D eigenvalue weighted by Gasteiger charge is 2.22. The minimum absolute atomic E-state index is 0.381. The van der Waals surface area contributed by atoms with Crippen molar-refractivity contribution in [3.8, 4) is 0 Å². The maximum absolute atomic E-state index is 12.5. The van der Waals surface area contributed by atoms with Crippen LogP contribution in [0.2, 0.25) is 0 Å². The number of carbonyl (C=O) groups is 1. The zero-order valence-corrected chi connectivity index (χ0v) is 40.8. The Hall–Kier alpha value is -1.69. The summed E-state index contributed by atoms with van der Waals surface area (Å²) >= 11 is 0. The molecule has 4 N–H and O–H groups in total. The lowest BCUT2D eigenvalue weighted by atomic mass is 10.0. The Morgan fingerprint density at radius 1 is 0.393 bits per heavy atom. The molecule has 0 aliphatic heterocycles. The van der Waals surface area contributed by atoms with Crippen LogP contribution in [-0.2, 0) is 4.79 Å². The van der Waals surface area contributed by atoms with Gasteiger partial charge in [-0.2, -0.15) is 0 Å². The molecule has 0 aliphatic rings. The first-order chi connectivity index (χ1) is 30.1. The Balaban J connectivity index is 3.59. The summed E-state index contributed by atoms with van der Waals surface area (Å²) in [5.41, 5.74) is 0. The number of amides is 1. The van der Waals surface area contributed by atoms with E-state index < -0.39 is 24.2 Å². The second-order valence-electron chi connectivity index (χ2n) is 18.4. The molecule has 0 aromatic carbocycles. The molecule has 61 heavy (non-hydrogen) atoms. The van der Waals surface area contributed by atoms with Crippen LogP contribution in [0.5, 0.6) is 0 Å². The summed E-state index contributed by atoms with van der Waals surface area (Å²) in [5, 5.41) is 33.2. The monoisotopic (exact) mass is 856 g/mol. The lowest BCUT2D eigenvalue weighted by Gasteiger charge is -2.21. The van der Waals surface area contributed by atoms with E-state index in [0.29, 0.717) is 6.42 Å². The van der Waals surface area contributed by atoms with Gasteiger partial charge in [-0.1, -0.05) is 255 Å². The first-order valence-corrected chi connectivity index (χ1v) is 27.0. The first kappa shape index (κ1) is 59.3. The van der Waals surface area contributed by atoms with Crippen LogP contribution in [0.4, 0.5) is 0 Å². The molecule has 0 spiro atoms. The number of carbonyl (C=O) groups excluding carboxylic acids is 1. The summed E-state index contributed by atoms with van der Waals surface area (Å²) in [6.45, 7) is 4.18. The Bertz CT molecular complexity index is 989. The molecule has 0 aliphatic carbocycles. The summed E-state index contributed by atoms with van der Waals surface area (Å²) in [7, 11) is 0. The Kier molecular flexibility index (Phi) is 49.5. The van der Waals surface area contributed by atoms with Gasteiger partial charge in [-0.25, -0.2) is 0 Å². The van der Waals surface area contributed by atoms with E-state index in [4.69, 9.17) is 0 Å². The highest BCUT2D eigenvalue weighted by atomic mass is 16.3. The molecule has 0 bridgehead atoms. The molecule has 3 unspecified atom stereocenters. The SMILES string of the molecule is CCCCCCCCC/C=C/CC/C=C/CC/C=C/C(O)C(CO)NC(=O)C(O)CCCCCCCCCCCCCCCC/C=C\CCCCCCCCCCCCCC. The fourth-order valence-electron chi connectivity index (χ4n) is 8.15. The minimum Gasteiger partial charge on any atom is -0.394 e. The van der Waals surface area contributed by atoms with Crippen LogP contribution in [0.3, 0.4) is 0 Å². The van der Waals surface area contributed by atoms with Crippen molar-refractivity contribution in [2.24, 2.45) is 0 Å². The fraction of sp³-hybridized carbons (Fsp3) is 0.839. The molecule has 0 aromatic rings. The van der Waals surface area contributed by atoms with Gasteiger partial charge >= 0.3 is 0 Å². The third kappa shape index (κ3) is 46.1. The number of rotatable bonds is 49. The number of unbranched alkanes of at least 4 members (excludes halogenated alkanes) is 35. The van der Waals surface area contributed by atoms with Crippen molar-refractivity contribution in [1.29, 1.82) is 0 Å². The van der Waals surface area contributed by atoms with Crippen LogP contribution in [0.15, 0.2) is 48.6 Å². The van der Waals surface area contributed by atoms with Gasteiger partial charge in [-0.15, -0.1) is 0 Å². The molecule has 0 rings (SSSR count). The van der Waals surface area contributed by atoms with Gasteiger partial charge in [0, 0.05) is 0 Å². The average Bonchev–Trinajstić information content (AvgIpc) is 3.26. The van der Waals surface area contributed by atoms with E-state index in [1.54, 1.807) is 6.08 Å². The first-order valence-electron chi connectivity index (χ1n) is 27.0. The zero-order valence-electron chi connectivity index (χ0n) is 40.8. The number of aliphatic hydroxyl groups excluding tert-OH is 3. The fourth-order valence-corrected chi connectivity index (χ4v) is 8.15. The van der Waals surface area contributed by atoms with Crippen LogP contribution in [-0.4, -0.2) is 46.1 Å². The molecule has 358 valence electrons. The molecular formula is C56H105NO4. The Morgan fingerprint density at radius 2 is 0.672 bits per heavy atom. The quantitative estimate of drug-likeness (QED) is 0.0362. The number of allylic oxidation sites excluding steroid dienone is 7. The van der Waals surface area contributed by atoms with Gasteiger partial charge in [0.25, 0.3) is 0 Å². The second-order valence-corrected chi connectivity index (χ2v) is 18.4.